The zero-order valence-electron chi connectivity index (χ0n) is 17.5. The number of ether oxygens (including phenoxy) is 4. The quantitative estimate of drug-likeness (QED) is 0.204. The second kappa shape index (κ2) is 16.0. The van der Waals surface area contributed by atoms with E-state index in [-0.39, 0.29) is 0 Å². The first-order chi connectivity index (χ1) is 13.7. The molecule has 158 valence electrons. The molecule has 0 aliphatic carbocycles. The number of likely N-dealkylation sites (N-methyl/N-ethyl adjacent to an activating group) is 1. The van der Waals surface area contributed by atoms with Gasteiger partial charge in [0.2, 0.25) is 0 Å². The molecule has 0 radical (unpaired) electrons. The molecule has 0 fully saturated rings. The second-order valence-corrected chi connectivity index (χ2v) is 6.06. The average Bonchev–Trinajstić information content (AvgIpc) is 2.70. The van der Waals surface area contributed by atoms with E-state index in [1.165, 1.54) is 0 Å². The van der Waals surface area contributed by atoms with Gasteiger partial charge in [0.25, 0.3) is 0 Å². The molecule has 8 heteroatoms. The molecule has 0 aliphatic rings. The van der Waals surface area contributed by atoms with Gasteiger partial charge >= 0.3 is 0 Å². The highest BCUT2D eigenvalue weighted by molar-refractivity contribution is 5.99. The van der Waals surface area contributed by atoms with E-state index in [2.05, 4.69) is 20.8 Å². The van der Waals surface area contributed by atoms with E-state index < -0.39 is 0 Å². The van der Waals surface area contributed by atoms with Crippen LogP contribution in [0.2, 0.25) is 0 Å². The Morgan fingerprint density at radius 2 is 1.43 bits per heavy atom. The van der Waals surface area contributed by atoms with Gasteiger partial charge in [-0.25, -0.2) is 0 Å². The van der Waals surface area contributed by atoms with Gasteiger partial charge in [-0.15, -0.1) is 0 Å². The zero-order chi connectivity index (χ0) is 20.5. The third-order valence-electron chi connectivity index (χ3n) is 3.47. The van der Waals surface area contributed by atoms with E-state index in [0.29, 0.717) is 52.1 Å². The number of rotatable bonds is 15. The first-order valence-electron chi connectivity index (χ1n) is 9.52. The lowest BCUT2D eigenvalue weighted by Gasteiger charge is -2.09. The van der Waals surface area contributed by atoms with Crippen molar-refractivity contribution in [2.24, 2.45) is 10.1 Å². The molecule has 0 spiro atoms. The Morgan fingerprint density at radius 1 is 0.857 bits per heavy atom. The maximum absolute atomic E-state index is 5.68. The van der Waals surface area contributed by atoms with Crippen LogP contribution in [0.1, 0.15) is 19.4 Å². The van der Waals surface area contributed by atoms with Gasteiger partial charge in [-0.2, -0.15) is 5.10 Å². The van der Waals surface area contributed by atoms with Gasteiger partial charge in [0.15, 0.2) is 0 Å². The number of amidine groups is 1. The number of benzene rings is 1. The highest BCUT2D eigenvalue weighted by Gasteiger charge is 2.02. The van der Waals surface area contributed by atoms with Crippen molar-refractivity contribution in [3.63, 3.8) is 0 Å². The van der Waals surface area contributed by atoms with E-state index in [4.69, 9.17) is 18.9 Å². The molecule has 0 heterocycles. The summed E-state index contributed by atoms with van der Waals surface area (Å²) in [6.45, 7) is 8.67. The summed E-state index contributed by atoms with van der Waals surface area (Å²) < 4.78 is 21.9. The van der Waals surface area contributed by atoms with E-state index >= 15 is 0 Å². The number of aliphatic imine (C=N–C) groups is 1. The fourth-order valence-corrected chi connectivity index (χ4v) is 2.05. The molecule has 0 saturated carbocycles. The molecule has 1 aromatic rings. The van der Waals surface area contributed by atoms with Gasteiger partial charge < -0.3 is 24.3 Å². The molecule has 0 bridgehead atoms. The van der Waals surface area contributed by atoms with Crippen molar-refractivity contribution >= 4 is 11.5 Å². The molecule has 0 unspecified atom stereocenters. The molecule has 28 heavy (non-hydrogen) atoms. The van der Waals surface area contributed by atoms with Crippen molar-refractivity contribution in [3.8, 4) is 5.75 Å². The third kappa shape index (κ3) is 11.7. The maximum Gasteiger partial charge on any atom is 0.148 e. The minimum absolute atomic E-state index is 0.485. The normalized spacial score (nSPS) is 11.4. The average molecular weight is 395 g/mol. The fourth-order valence-electron chi connectivity index (χ4n) is 2.05. The van der Waals surface area contributed by atoms with E-state index in [1.54, 1.807) is 7.05 Å². The Labute approximate surface area is 168 Å². The predicted molar refractivity (Wildman–Crippen MR) is 113 cm³/mol. The lowest BCUT2D eigenvalue weighted by molar-refractivity contribution is 0.0100. The zero-order valence-corrected chi connectivity index (χ0v) is 17.5. The minimum Gasteiger partial charge on any atom is -0.491 e. The van der Waals surface area contributed by atoms with Crippen LogP contribution >= 0.6 is 0 Å². The molecule has 2 N–H and O–H groups in total. The van der Waals surface area contributed by atoms with Crippen molar-refractivity contribution in [3.05, 3.63) is 29.8 Å². The van der Waals surface area contributed by atoms with E-state index in [0.717, 1.165) is 23.6 Å². The van der Waals surface area contributed by atoms with Gasteiger partial charge in [-0.05, 0) is 45.2 Å². The monoisotopic (exact) mass is 394 g/mol. The first-order valence-corrected chi connectivity index (χ1v) is 9.52. The lowest BCUT2D eigenvalue weighted by Crippen LogP contribution is -2.19. The summed E-state index contributed by atoms with van der Waals surface area (Å²) in [6.07, 6.45) is 0. The second-order valence-electron chi connectivity index (χ2n) is 6.06. The van der Waals surface area contributed by atoms with Crippen molar-refractivity contribution in [1.29, 1.82) is 0 Å². The summed E-state index contributed by atoms with van der Waals surface area (Å²) in [4.78, 5) is 4.21. The van der Waals surface area contributed by atoms with Crippen molar-refractivity contribution in [1.82, 2.24) is 10.7 Å². The fraction of sp³-hybridized carbons (Fsp3) is 0.600. The van der Waals surface area contributed by atoms with Gasteiger partial charge in [0.05, 0.1) is 39.6 Å². The van der Waals surface area contributed by atoms with Gasteiger partial charge in [-0.1, -0.05) is 0 Å². The molecule has 1 rings (SSSR count). The Hall–Kier alpha value is -2.00. The van der Waals surface area contributed by atoms with Gasteiger partial charge in [-0.3, -0.25) is 10.4 Å². The van der Waals surface area contributed by atoms with Crippen LogP contribution in [-0.2, 0) is 14.2 Å². The Morgan fingerprint density at radius 3 is 1.96 bits per heavy atom. The molecule has 0 aromatic heterocycles. The topological polar surface area (TPSA) is 85.7 Å². The number of hydrogen-bond acceptors (Lipinski definition) is 7. The molecule has 0 aliphatic heterocycles. The van der Waals surface area contributed by atoms with Gasteiger partial charge in [0.1, 0.15) is 18.2 Å². The predicted octanol–water partition coefficient (Wildman–Crippen LogP) is 1.70. The van der Waals surface area contributed by atoms with Crippen molar-refractivity contribution < 1.29 is 18.9 Å². The van der Waals surface area contributed by atoms with Gasteiger partial charge in [0, 0.05) is 24.9 Å². The molecular weight excluding hydrogens is 360 g/mol. The molecule has 1 aromatic carbocycles. The first kappa shape index (κ1) is 24.0. The van der Waals surface area contributed by atoms with Crippen molar-refractivity contribution in [2.45, 2.75) is 13.8 Å². The van der Waals surface area contributed by atoms with Crippen LogP contribution < -0.4 is 15.5 Å². The molecular formula is C20H34N4O4. The van der Waals surface area contributed by atoms with Crippen LogP contribution in [0.15, 0.2) is 34.4 Å². The van der Waals surface area contributed by atoms with Crippen LogP contribution in [0, 0.1) is 0 Å². The van der Waals surface area contributed by atoms with Crippen LogP contribution in [-0.4, -0.2) is 78.4 Å². The summed E-state index contributed by atoms with van der Waals surface area (Å²) in [5.41, 5.74) is 4.83. The lowest BCUT2D eigenvalue weighted by atomic mass is 10.2. The molecule has 0 atom stereocenters. The Bertz CT molecular complexity index is 572. The minimum atomic E-state index is 0.485. The highest BCUT2D eigenvalue weighted by Crippen LogP contribution is 2.12. The number of hydrogen-bond donors (Lipinski definition) is 2. The van der Waals surface area contributed by atoms with E-state index in [9.17, 15) is 0 Å². The molecule has 0 amide bonds. The smallest absolute Gasteiger partial charge is 0.148 e. The van der Waals surface area contributed by atoms with Crippen molar-refractivity contribution in [2.75, 3.05) is 66.9 Å². The SMILES string of the molecule is CN=C(NN=C(C)C)c1ccc(OCCOCCOCCOCCNC)cc1. The summed E-state index contributed by atoms with van der Waals surface area (Å²) in [6, 6.07) is 7.70. The summed E-state index contributed by atoms with van der Waals surface area (Å²) in [5, 5.41) is 7.20. The highest BCUT2D eigenvalue weighted by atomic mass is 16.6. The standard InChI is InChI=1S/C20H34N4O4/c1-17(2)23-24-20(22-4)18-5-7-19(8-6-18)28-16-15-27-14-13-26-12-11-25-10-9-21-3/h5-8,21H,9-16H2,1-4H3,(H,22,24). The molecule has 8 nitrogen and oxygen atoms in total. The van der Waals surface area contributed by atoms with E-state index in [1.807, 2.05) is 45.2 Å². The number of nitrogens with one attached hydrogen (secondary N) is 2. The summed E-state index contributed by atoms with van der Waals surface area (Å²) in [5.74, 6) is 1.50. The number of hydrazone groups is 1. The van der Waals surface area contributed by atoms with Crippen LogP contribution in [0.4, 0.5) is 0 Å². The summed E-state index contributed by atoms with van der Waals surface area (Å²) in [7, 11) is 3.63. The summed E-state index contributed by atoms with van der Waals surface area (Å²) >= 11 is 0. The third-order valence-corrected chi connectivity index (χ3v) is 3.47. The number of nitrogens with zero attached hydrogens (tertiary/aromatic N) is 2. The maximum atomic E-state index is 5.68. The largest absolute Gasteiger partial charge is 0.491 e. The molecule has 0 saturated heterocycles. The Kier molecular flexibility index (Phi) is 13.7. The Balaban J connectivity index is 2.11. The van der Waals surface area contributed by atoms with Crippen LogP contribution in [0.5, 0.6) is 5.75 Å². The van der Waals surface area contributed by atoms with Crippen LogP contribution in [0.3, 0.4) is 0 Å². The van der Waals surface area contributed by atoms with Crippen LogP contribution in [0.25, 0.3) is 0 Å².